The van der Waals surface area contributed by atoms with Crippen LogP contribution in [0.2, 0.25) is 0 Å². The molecule has 0 aromatic heterocycles. The van der Waals surface area contributed by atoms with E-state index in [9.17, 15) is 19.5 Å². The maximum Gasteiger partial charge on any atom is 0.337 e. The van der Waals surface area contributed by atoms with Gasteiger partial charge in [0.15, 0.2) is 0 Å². The van der Waals surface area contributed by atoms with Gasteiger partial charge in [-0.1, -0.05) is 0 Å². The Morgan fingerprint density at radius 1 is 1.21 bits per heavy atom. The van der Waals surface area contributed by atoms with Crippen LogP contribution in [0.1, 0.15) is 27.6 Å². The molecule has 0 aliphatic heterocycles. The molecule has 6 nitrogen and oxygen atoms in total. The molecule has 0 atom stereocenters. The third kappa shape index (κ3) is 3.55. The largest absolute Gasteiger partial charge is 0.478 e. The highest BCUT2D eigenvalue weighted by Gasteiger charge is 2.23. The van der Waals surface area contributed by atoms with Gasteiger partial charge in [-0.3, -0.25) is 9.59 Å². The molecule has 0 aliphatic carbocycles. The van der Waals surface area contributed by atoms with Crippen molar-refractivity contribution >= 4 is 68.7 Å². The molecular weight excluding hydrogens is 478 g/mol. The van der Waals surface area contributed by atoms with Gasteiger partial charge in [-0.2, -0.15) is 0 Å². The quantitative estimate of drug-likeness (QED) is 0.567. The first-order chi connectivity index (χ1) is 8.79. The zero-order chi connectivity index (χ0) is 14.7. The minimum atomic E-state index is -1.15. The molecule has 0 heterocycles. The molecule has 0 saturated heterocycles. The van der Waals surface area contributed by atoms with Crippen LogP contribution < -0.4 is 10.6 Å². The Morgan fingerprint density at radius 3 is 2.21 bits per heavy atom. The minimum Gasteiger partial charge on any atom is -0.478 e. The van der Waals surface area contributed by atoms with E-state index in [1.165, 1.54) is 20.0 Å². The predicted molar refractivity (Wildman–Crippen MR) is 86.5 cm³/mol. The summed E-state index contributed by atoms with van der Waals surface area (Å²) in [5.74, 6) is -1.89. The van der Waals surface area contributed by atoms with Crippen molar-refractivity contribution in [3.05, 3.63) is 24.3 Å². The number of anilines is 1. The average molecular weight is 488 g/mol. The van der Waals surface area contributed by atoms with Crippen LogP contribution >= 0.6 is 45.2 Å². The molecule has 3 N–H and O–H groups in total. The number of carboxylic acid groups (broad SMARTS) is 1. The van der Waals surface area contributed by atoms with Crippen LogP contribution in [0.25, 0.3) is 0 Å². The maximum atomic E-state index is 11.7. The average Bonchev–Trinajstić information content (AvgIpc) is 2.31. The van der Waals surface area contributed by atoms with E-state index in [1.54, 1.807) is 0 Å². The zero-order valence-corrected chi connectivity index (χ0v) is 14.3. The Bertz CT molecular complexity index is 572. The van der Waals surface area contributed by atoms with E-state index >= 15 is 0 Å². The molecule has 0 unspecified atom stereocenters. The lowest BCUT2D eigenvalue weighted by Gasteiger charge is -2.13. The Labute approximate surface area is 136 Å². The Hall–Kier alpha value is -0.910. The summed E-state index contributed by atoms with van der Waals surface area (Å²) >= 11 is 3.65. The van der Waals surface area contributed by atoms with Gasteiger partial charge in [0.1, 0.15) is 0 Å². The lowest BCUT2D eigenvalue weighted by molar-refractivity contribution is -0.114. The number of carbonyl (C=O) groups is 3. The summed E-state index contributed by atoms with van der Waals surface area (Å²) < 4.78 is 0.723. The minimum absolute atomic E-state index is 0.00560. The van der Waals surface area contributed by atoms with Gasteiger partial charge in [0, 0.05) is 17.5 Å². The first-order valence-corrected chi connectivity index (χ1v) is 7.20. The molecule has 1 aromatic carbocycles. The monoisotopic (exact) mass is 488 g/mol. The van der Waals surface area contributed by atoms with Crippen molar-refractivity contribution in [2.75, 3.05) is 12.4 Å². The fourth-order valence-electron chi connectivity index (χ4n) is 1.41. The molecule has 0 fully saturated rings. The standard InChI is InChI=1S/C11H10I2N2O4/c1-4(16)15-6-3-5(10(17)14-2)8(12)7(9(6)13)11(18)19/h3H,1-2H3,(H,14,17)(H,15,16)(H,18,19). The van der Waals surface area contributed by atoms with Crippen molar-refractivity contribution < 1.29 is 19.5 Å². The molecular formula is C11H10I2N2O4. The molecule has 19 heavy (non-hydrogen) atoms. The van der Waals surface area contributed by atoms with E-state index in [4.69, 9.17) is 0 Å². The van der Waals surface area contributed by atoms with E-state index < -0.39 is 11.9 Å². The SMILES string of the molecule is CNC(=O)c1cc(NC(C)=O)c(I)c(C(=O)O)c1I. The Balaban J connectivity index is 3.59. The van der Waals surface area contributed by atoms with Crippen LogP contribution in [0.15, 0.2) is 6.07 Å². The summed E-state index contributed by atoms with van der Waals surface area (Å²) in [6.45, 7) is 1.31. The smallest absolute Gasteiger partial charge is 0.337 e. The maximum absolute atomic E-state index is 11.7. The van der Waals surface area contributed by atoms with Gasteiger partial charge in [-0.25, -0.2) is 4.79 Å². The van der Waals surface area contributed by atoms with Gasteiger partial charge in [0.25, 0.3) is 5.91 Å². The van der Waals surface area contributed by atoms with Crippen LogP contribution in [-0.4, -0.2) is 29.9 Å². The highest BCUT2D eigenvalue weighted by Crippen LogP contribution is 2.30. The first-order valence-electron chi connectivity index (χ1n) is 5.04. The number of rotatable bonds is 3. The number of carbonyl (C=O) groups excluding carboxylic acids is 2. The van der Waals surface area contributed by atoms with Crippen molar-refractivity contribution in [1.29, 1.82) is 0 Å². The number of benzene rings is 1. The number of aromatic carboxylic acids is 1. The third-order valence-electron chi connectivity index (χ3n) is 2.20. The first kappa shape index (κ1) is 16.1. The molecule has 0 bridgehead atoms. The molecule has 0 spiro atoms. The highest BCUT2D eigenvalue weighted by molar-refractivity contribution is 14.1. The van der Waals surface area contributed by atoms with E-state index in [0.717, 1.165) is 0 Å². The van der Waals surface area contributed by atoms with Crippen molar-refractivity contribution in [3.63, 3.8) is 0 Å². The number of carboxylic acids is 1. The van der Waals surface area contributed by atoms with Crippen LogP contribution in [0.5, 0.6) is 0 Å². The predicted octanol–water partition coefficient (Wildman–Crippen LogP) is 1.91. The molecule has 0 aliphatic rings. The van der Waals surface area contributed by atoms with Gasteiger partial charge < -0.3 is 15.7 Å². The van der Waals surface area contributed by atoms with Crippen molar-refractivity contribution in [1.82, 2.24) is 5.32 Å². The van der Waals surface area contributed by atoms with Crippen LogP contribution in [0.4, 0.5) is 5.69 Å². The lowest BCUT2D eigenvalue weighted by Crippen LogP contribution is -2.22. The molecule has 1 aromatic rings. The normalized spacial score (nSPS) is 9.89. The molecule has 2 amide bonds. The fourth-order valence-corrected chi connectivity index (χ4v) is 3.61. The summed E-state index contributed by atoms with van der Waals surface area (Å²) in [6, 6.07) is 1.47. The van der Waals surface area contributed by atoms with Crippen molar-refractivity contribution in [3.8, 4) is 0 Å². The zero-order valence-electron chi connectivity index (χ0n) is 10.0. The Kier molecular flexibility index (Phi) is 5.52. The van der Waals surface area contributed by atoms with Gasteiger partial charge in [0.05, 0.1) is 20.4 Å². The number of amides is 2. The molecule has 102 valence electrons. The van der Waals surface area contributed by atoms with E-state index in [-0.39, 0.29) is 17.0 Å². The van der Waals surface area contributed by atoms with Gasteiger partial charge >= 0.3 is 5.97 Å². The molecule has 1 rings (SSSR count). The highest BCUT2D eigenvalue weighted by atomic mass is 127. The summed E-state index contributed by atoms with van der Waals surface area (Å²) in [4.78, 5) is 34.1. The number of hydrogen-bond donors (Lipinski definition) is 3. The Morgan fingerprint density at radius 2 is 1.79 bits per heavy atom. The molecule has 0 radical (unpaired) electrons. The topological polar surface area (TPSA) is 95.5 Å². The summed E-state index contributed by atoms with van der Waals surface area (Å²) in [6.07, 6.45) is 0. The van der Waals surface area contributed by atoms with Gasteiger partial charge in [-0.15, -0.1) is 0 Å². The lowest BCUT2D eigenvalue weighted by atomic mass is 10.1. The number of halogens is 2. The molecule has 0 saturated carbocycles. The second-order valence-corrected chi connectivity index (χ2v) is 5.70. The summed E-state index contributed by atoms with van der Waals surface area (Å²) in [5.41, 5.74) is 0.528. The summed E-state index contributed by atoms with van der Waals surface area (Å²) in [5, 5.41) is 14.2. The van der Waals surface area contributed by atoms with Gasteiger partial charge in [0.2, 0.25) is 5.91 Å². The third-order valence-corrected chi connectivity index (χ3v) is 4.44. The van der Waals surface area contributed by atoms with E-state index in [0.29, 0.717) is 12.8 Å². The van der Waals surface area contributed by atoms with Crippen LogP contribution in [-0.2, 0) is 4.79 Å². The van der Waals surface area contributed by atoms with E-state index in [2.05, 4.69) is 10.6 Å². The molecule has 8 heteroatoms. The van der Waals surface area contributed by atoms with Crippen molar-refractivity contribution in [2.45, 2.75) is 6.92 Å². The van der Waals surface area contributed by atoms with Crippen LogP contribution in [0.3, 0.4) is 0 Å². The van der Waals surface area contributed by atoms with Crippen LogP contribution in [0, 0.1) is 7.14 Å². The number of hydrogen-bond acceptors (Lipinski definition) is 3. The van der Waals surface area contributed by atoms with Crippen molar-refractivity contribution in [2.24, 2.45) is 0 Å². The summed E-state index contributed by atoms with van der Waals surface area (Å²) in [7, 11) is 1.45. The van der Waals surface area contributed by atoms with E-state index in [1.807, 2.05) is 45.2 Å². The number of nitrogens with one attached hydrogen (secondary N) is 2. The second kappa shape index (κ2) is 6.50. The fraction of sp³-hybridized carbons (Fsp3) is 0.182. The van der Waals surface area contributed by atoms with Gasteiger partial charge in [-0.05, 0) is 51.2 Å². The second-order valence-electron chi connectivity index (χ2n) is 3.54.